The number of ether oxygens (including phenoxy) is 2. The maximum absolute atomic E-state index is 12.6. The van der Waals surface area contributed by atoms with E-state index in [1.165, 1.54) is 122 Å². The van der Waals surface area contributed by atoms with Crippen LogP contribution in [0.25, 0.3) is 0 Å². The Morgan fingerprint density at radius 3 is 1.28 bits per heavy atom. The van der Waals surface area contributed by atoms with Crippen LogP contribution in [0, 0.1) is 0 Å². The van der Waals surface area contributed by atoms with Gasteiger partial charge in [0.05, 0.1) is 13.2 Å². The molecule has 0 heterocycles. The number of carboxylic acid groups (broad SMARTS) is 1. The van der Waals surface area contributed by atoms with Gasteiger partial charge in [-0.2, -0.15) is 0 Å². The van der Waals surface area contributed by atoms with Crippen LogP contribution in [0.1, 0.15) is 219 Å². The predicted octanol–water partition coefficient (Wildman–Crippen LogP) is 12.6. The van der Waals surface area contributed by atoms with Gasteiger partial charge in [0.15, 0.2) is 6.10 Å². The molecule has 3 atom stereocenters. The van der Waals surface area contributed by atoms with Gasteiger partial charge in [0.2, 0.25) is 0 Å². The minimum Gasteiger partial charge on any atom is -0.480 e. The monoisotopic (exact) mass is 844 g/mol. The molecule has 0 rings (SSSR count). The lowest BCUT2D eigenvalue weighted by atomic mass is 10.0. The number of phosphoric ester groups is 1. The second kappa shape index (κ2) is 41.7. The molecule has 4 N–H and O–H groups in total. The molecule has 0 bridgehead atoms. The molecule has 0 aromatic heterocycles. The Hall–Kier alpha value is -2.04. The van der Waals surface area contributed by atoms with Crippen LogP contribution >= 0.6 is 7.82 Å². The summed E-state index contributed by atoms with van der Waals surface area (Å²) >= 11 is 0. The molecule has 1 unspecified atom stereocenters. The zero-order valence-corrected chi connectivity index (χ0v) is 37.8. The zero-order valence-electron chi connectivity index (χ0n) is 36.9. The molecule has 0 amide bonds. The van der Waals surface area contributed by atoms with E-state index in [-0.39, 0.29) is 19.4 Å². The molecule has 0 saturated heterocycles. The highest BCUT2D eigenvalue weighted by atomic mass is 31.2. The number of unbranched alkanes of at least 4 members (excludes halogenated alkanes) is 26. The first-order chi connectivity index (χ1) is 28.1. The third-order valence-electron chi connectivity index (χ3n) is 10.2. The van der Waals surface area contributed by atoms with Gasteiger partial charge >= 0.3 is 25.7 Å². The third kappa shape index (κ3) is 40.7. The summed E-state index contributed by atoms with van der Waals surface area (Å²) in [7, 11) is -4.72. The van der Waals surface area contributed by atoms with Crippen LogP contribution in [0.2, 0.25) is 0 Å². The van der Waals surface area contributed by atoms with E-state index in [2.05, 4.69) is 42.7 Å². The Morgan fingerprint density at radius 1 is 0.517 bits per heavy atom. The summed E-state index contributed by atoms with van der Waals surface area (Å²) in [5.74, 6) is -2.38. The maximum atomic E-state index is 12.6. The Morgan fingerprint density at radius 2 is 0.862 bits per heavy atom. The number of carbonyl (C=O) groups excluding carboxylic acids is 2. The van der Waals surface area contributed by atoms with Crippen molar-refractivity contribution >= 4 is 25.7 Å². The summed E-state index contributed by atoms with van der Waals surface area (Å²) in [6.45, 7) is 2.79. The van der Waals surface area contributed by atoms with E-state index in [1.807, 2.05) is 0 Å². The predicted molar refractivity (Wildman–Crippen MR) is 236 cm³/mol. The quantitative estimate of drug-likeness (QED) is 0.0231. The van der Waals surface area contributed by atoms with Crippen molar-refractivity contribution in [2.45, 2.75) is 231 Å². The number of esters is 2. The van der Waals surface area contributed by atoms with E-state index < -0.39 is 51.1 Å². The highest BCUT2D eigenvalue weighted by molar-refractivity contribution is 7.47. The number of rotatable bonds is 44. The number of carboxylic acids is 1. The van der Waals surface area contributed by atoms with Gasteiger partial charge in [-0.3, -0.25) is 23.4 Å². The number of aliphatic carboxylic acids is 1. The second-order valence-electron chi connectivity index (χ2n) is 15.9. The molecule has 58 heavy (non-hydrogen) atoms. The lowest BCUT2D eigenvalue weighted by Gasteiger charge is -2.20. The van der Waals surface area contributed by atoms with Crippen LogP contribution in [-0.4, -0.2) is 59.9 Å². The minimum absolute atomic E-state index is 0.153. The standard InChI is InChI=1S/C46H86NO10P/c1-3-5-7-9-11-13-15-17-18-19-20-21-22-23-24-26-27-29-31-33-35-37-44(48)54-39-42(40-55-58(52,53)56-41-43(47)46(50)51)57-45(49)38-36-34-32-30-28-25-16-14-12-10-8-6-4-2/h14,16-18,42-43H,3-13,15,19-41,47H2,1-2H3,(H,50,51)(H,52,53)/b16-14-,18-17-/t42-,43+/m1/s1. The average Bonchev–Trinajstić information content (AvgIpc) is 3.20. The molecule has 0 aliphatic carbocycles. The molecule has 0 aliphatic heterocycles. The Labute approximate surface area is 353 Å². The summed E-state index contributed by atoms with van der Waals surface area (Å²) in [6.07, 6.45) is 43.9. The lowest BCUT2D eigenvalue weighted by molar-refractivity contribution is -0.161. The van der Waals surface area contributed by atoms with Crippen LogP contribution in [0.4, 0.5) is 0 Å². The van der Waals surface area contributed by atoms with E-state index in [4.69, 9.17) is 24.8 Å². The third-order valence-corrected chi connectivity index (χ3v) is 11.1. The Balaban J connectivity index is 4.24. The van der Waals surface area contributed by atoms with E-state index in [1.54, 1.807) is 0 Å². The first-order valence-corrected chi connectivity index (χ1v) is 24.9. The van der Waals surface area contributed by atoms with Crippen LogP contribution < -0.4 is 5.73 Å². The summed E-state index contributed by atoms with van der Waals surface area (Å²) in [5.41, 5.74) is 5.34. The number of carbonyl (C=O) groups is 3. The molecule has 12 heteroatoms. The van der Waals surface area contributed by atoms with Crippen molar-refractivity contribution in [2.75, 3.05) is 19.8 Å². The largest absolute Gasteiger partial charge is 0.480 e. The van der Waals surface area contributed by atoms with Crippen molar-refractivity contribution < 1.29 is 47.5 Å². The van der Waals surface area contributed by atoms with E-state index >= 15 is 0 Å². The van der Waals surface area contributed by atoms with Gasteiger partial charge in [-0.15, -0.1) is 0 Å². The lowest BCUT2D eigenvalue weighted by Crippen LogP contribution is -2.34. The van der Waals surface area contributed by atoms with Gasteiger partial charge in [0.1, 0.15) is 12.6 Å². The van der Waals surface area contributed by atoms with Crippen LogP contribution in [0.15, 0.2) is 24.3 Å². The number of nitrogens with two attached hydrogens (primary N) is 1. The van der Waals surface area contributed by atoms with E-state index in [9.17, 15) is 23.8 Å². The van der Waals surface area contributed by atoms with Gasteiger partial charge in [0, 0.05) is 12.8 Å². The number of allylic oxidation sites excluding steroid dienone is 4. The first kappa shape index (κ1) is 56.0. The fourth-order valence-electron chi connectivity index (χ4n) is 6.47. The average molecular weight is 844 g/mol. The SMILES string of the molecule is CCCCCC/C=C\CCCCCCCC(=O)O[C@H](COC(=O)CCCCCCCCCCCCC/C=C\CCCCCCCC)COP(=O)(O)OC[C@H](N)C(=O)O. The van der Waals surface area contributed by atoms with E-state index in [0.717, 1.165) is 57.8 Å². The molecule has 0 aromatic carbocycles. The number of hydrogen-bond donors (Lipinski definition) is 3. The molecule has 0 spiro atoms. The smallest absolute Gasteiger partial charge is 0.472 e. The van der Waals surface area contributed by atoms with Crippen LogP contribution in [-0.2, 0) is 37.5 Å². The minimum atomic E-state index is -4.72. The first-order valence-electron chi connectivity index (χ1n) is 23.4. The summed E-state index contributed by atoms with van der Waals surface area (Å²) in [4.78, 5) is 46.0. The van der Waals surface area contributed by atoms with Crippen molar-refractivity contribution in [1.29, 1.82) is 0 Å². The second-order valence-corrected chi connectivity index (χ2v) is 17.3. The van der Waals surface area contributed by atoms with Gasteiger partial charge < -0.3 is 25.2 Å². The van der Waals surface area contributed by atoms with Crippen molar-refractivity contribution in [3.05, 3.63) is 24.3 Å². The highest BCUT2D eigenvalue weighted by Crippen LogP contribution is 2.43. The summed E-state index contributed by atoms with van der Waals surface area (Å²) < 4.78 is 32.7. The Kier molecular flexibility index (Phi) is 40.2. The Bertz CT molecular complexity index is 1080. The molecule has 11 nitrogen and oxygen atoms in total. The van der Waals surface area contributed by atoms with Gasteiger partial charge in [-0.1, -0.05) is 167 Å². The van der Waals surface area contributed by atoms with Crippen LogP contribution in [0.3, 0.4) is 0 Å². The molecule has 0 aliphatic rings. The van der Waals surface area contributed by atoms with Crippen molar-refractivity contribution in [1.82, 2.24) is 0 Å². The van der Waals surface area contributed by atoms with Crippen LogP contribution in [0.5, 0.6) is 0 Å². The highest BCUT2D eigenvalue weighted by Gasteiger charge is 2.28. The molecule has 0 radical (unpaired) electrons. The maximum Gasteiger partial charge on any atom is 0.472 e. The van der Waals surface area contributed by atoms with Crippen molar-refractivity contribution in [3.8, 4) is 0 Å². The molecule has 0 fully saturated rings. The summed E-state index contributed by atoms with van der Waals surface area (Å²) in [5, 5.41) is 8.89. The fourth-order valence-corrected chi connectivity index (χ4v) is 7.24. The zero-order chi connectivity index (χ0) is 42.8. The van der Waals surface area contributed by atoms with Gasteiger partial charge in [0.25, 0.3) is 0 Å². The van der Waals surface area contributed by atoms with Gasteiger partial charge in [-0.25, -0.2) is 4.57 Å². The molecule has 340 valence electrons. The fraction of sp³-hybridized carbons (Fsp3) is 0.848. The van der Waals surface area contributed by atoms with Crippen molar-refractivity contribution in [3.63, 3.8) is 0 Å². The molecule has 0 saturated carbocycles. The van der Waals surface area contributed by atoms with Gasteiger partial charge in [-0.05, 0) is 64.2 Å². The topological polar surface area (TPSA) is 172 Å². The molecular weight excluding hydrogens is 757 g/mol. The summed E-state index contributed by atoms with van der Waals surface area (Å²) in [6, 6.07) is -1.52. The normalized spacial score (nSPS) is 13.9. The number of hydrogen-bond acceptors (Lipinski definition) is 9. The molecule has 0 aromatic rings. The molecular formula is C46H86NO10P. The van der Waals surface area contributed by atoms with Crippen molar-refractivity contribution in [2.24, 2.45) is 5.73 Å². The number of phosphoric acid groups is 1. The van der Waals surface area contributed by atoms with E-state index in [0.29, 0.717) is 12.8 Å².